The topological polar surface area (TPSA) is 107 Å². The molecule has 1 aliphatic heterocycles. The van der Waals surface area contributed by atoms with Crippen molar-refractivity contribution in [2.75, 3.05) is 12.3 Å². The van der Waals surface area contributed by atoms with E-state index in [4.69, 9.17) is 10.3 Å². The van der Waals surface area contributed by atoms with Crippen LogP contribution in [0.2, 0.25) is 0 Å². The van der Waals surface area contributed by atoms with Crippen LogP contribution in [0.25, 0.3) is 5.69 Å². The highest BCUT2D eigenvalue weighted by atomic mass is 16.5. The van der Waals surface area contributed by atoms with Gasteiger partial charge in [0.2, 0.25) is 0 Å². The lowest BCUT2D eigenvalue weighted by Gasteiger charge is -2.23. The number of nitrogen functional groups attached to an aromatic ring is 1. The highest BCUT2D eigenvalue weighted by Gasteiger charge is 2.38. The molecule has 0 radical (unpaired) electrons. The Kier molecular flexibility index (Phi) is 4.46. The number of Topliss-reactive ketones (excluding diaryl/α,β-unsaturated/α-hetero) is 1. The molecule has 0 spiro atoms. The summed E-state index contributed by atoms with van der Waals surface area (Å²) < 4.78 is 6.64. The number of para-hydroxylation sites is 1. The molecule has 0 aliphatic carbocycles. The van der Waals surface area contributed by atoms with Gasteiger partial charge in [-0.25, -0.2) is 4.68 Å². The molecule has 4 rings (SSSR count). The zero-order valence-corrected chi connectivity index (χ0v) is 15.8. The van der Waals surface area contributed by atoms with E-state index in [0.29, 0.717) is 35.5 Å². The number of benzene rings is 1. The molecule has 2 N–H and O–H groups in total. The first-order valence-corrected chi connectivity index (χ1v) is 9.16. The van der Waals surface area contributed by atoms with Crippen LogP contribution in [-0.2, 0) is 0 Å². The molecule has 144 valence electrons. The summed E-state index contributed by atoms with van der Waals surface area (Å²) in [4.78, 5) is 27.8. The number of anilines is 1. The van der Waals surface area contributed by atoms with E-state index in [0.717, 1.165) is 12.1 Å². The van der Waals surface area contributed by atoms with Crippen LogP contribution in [-0.4, -0.2) is 44.1 Å². The highest BCUT2D eigenvalue weighted by molar-refractivity contribution is 6.07. The number of ketones is 1. The Morgan fingerprint density at radius 3 is 2.64 bits per heavy atom. The van der Waals surface area contributed by atoms with Crippen LogP contribution in [0.4, 0.5) is 5.82 Å². The van der Waals surface area contributed by atoms with E-state index >= 15 is 0 Å². The summed E-state index contributed by atoms with van der Waals surface area (Å²) in [5.41, 5.74) is 8.27. The second kappa shape index (κ2) is 6.95. The van der Waals surface area contributed by atoms with Crippen molar-refractivity contribution >= 4 is 17.5 Å². The molecule has 2 aromatic heterocycles. The maximum atomic E-state index is 13.2. The van der Waals surface area contributed by atoms with Crippen molar-refractivity contribution in [3.05, 3.63) is 59.1 Å². The second-order valence-electron chi connectivity index (χ2n) is 6.91. The minimum absolute atomic E-state index is 0.197. The predicted octanol–water partition coefficient (Wildman–Crippen LogP) is 2.55. The summed E-state index contributed by atoms with van der Waals surface area (Å²) >= 11 is 0. The second-order valence-corrected chi connectivity index (χ2v) is 6.91. The van der Waals surface area contributed by atoms with Gasteiger partial charge in [0.05, 0.1) is 29.2 Å². The Morgan fingerprint density at radius 2 is 1.96 bits per heavy atom. The molecule has 3 aromatic rings. The zero-order chi connectivity index (χ0) is 19.8. The van der Waals surface area contributed by atoms with Gasteiger partial charge in [0.25, 0.3) is 5.91 Å². The monoisotopic (exact) mass is 379 g/mol. The fourth-order valence-corrected chi connectivity index (χ4v) is 3.72. The van der Waals surface area contributed by atoms with Crippen LogP contribution in [0.5, 0.6) is 0 Å². The van der Waals surface area contributed by atoms with Crippen molar-refractivity contribution < 1.29 is 14.1 Å². The first-order chi connectivity index (χ1) is 13.5. The number of carbonyl (C=O) groups excluding carboxylic acids is 2. The number of aromatic nitrogens is 3. The molecule has 3 heterocycles. The van der Waals surface area contributed by atoms with Gasteiger partial charge in [0.15, 0.2) is 5.78 Å². The van der Waals surface area contributed by atoms with Gasteiger partial charge >= 0.3 is 0 Å². The molecule has 0 unspecified atom stereocenters. The van der Waals surface area contributed by atoms with E-state index in [-0.39, 0.29) is 17.5 Å². The normalized spacial score (nSPS) is 16.5. The molecule has 1 aromatic carbocycles. The molecule has 28 heavy (non-hydrogen) atoms. The van der Waals surface area contributed by atoms with E-state index in [1.165, 1.54) is 10.9 Å². The summed E-state index contributed by atoms with van der Waals surface area (Å²) in [5, 5.41) is 8.12. The van der Waals surface area contributed by atoms with Crippen molar-refractivity contribution in [2.45, 2.75) is 32.7 Å². The lowest BCUT2D eigenvalue weighted by molar-refractivity contribution is 0.0670. The van der Waals surface area contributed by atoms with Gasteiger partial charge in [-0.05, 0) is 38.8 Å². The Balaban J connectivity index is 1.63. The molecule has 1 amide bonds. The maximum absolute atomic E-state index is 13.2. The van der Waals surface area contributed by atoms with Crippen LogP contribution in [0, 0.1) is 13.8 Å². The first-order valence-electron chi connectivity index (χ1n) is 9.16. The molecular formula is C20H21N5O3. The third-order valence-electron chi connectivity index (χ3n) is 5.14. The number of nitrogens with zero attached hydrogens (tertiary/aromatic N) is 4. The van der Waals surface area contributed by atoms with Crippen molar-refractivity contribution in [2.24, 2.45) is 0 Å². The minimum Gasteiger partial charge on any atom is -0.383 e. The number of hydrogen-bond donors (Lipinski definition) is 1. The van der Waals surface area contributed by atoms with E-state index in [1.54, 1.807) is 18.7 Å². The molecular weight excluding hydrogens is 358 g/mol. The Bertz CT molecular complexity index is 1020. The summed E-state index contributed by atoms with van der Waals surface area (Å²) in [5.74, 6) is 0.295. The largest absolute Gasteiger partial charge is 0.383 e. The number of nitrogens with two attached hydrogens (primary N) is 1. The van der Waals surface area contributed by atoms with Gasteiger partial charge in [0.1, 0.15) is 17.1 Å². The number of amides is 1. The zero-order valence-electron chi connectivity index (χ0n) is 15.8. The van der Waals surface area contributed by atoms with Crippen LogP contribution >= 0.6 is 0 Å². The predicted molar refractivity (Wildman–Crippen MR) is 102 cm³/mol. The molecule has 1 fully saturated rings. The quantitative estimate of drug-likeness (QED) is 0.698. The third-order valence-corrected chi connectivity index (χ3v) is 5.14. The fourth-order valence-electron chi connectivity index (χ4n) is 3.72. The number of carbonyl (C=O) groups is 2. The molecule has 8 nitrogen and oxygen atoms in total. The van der Waals surface area contributed by atoms with Crippen molar-refractivity contribution in [3.63, 3.8) is 0 Å². The molecule has 8 heteroatoms. The van der Waals surface area contributed by atoms with Crippen LogP contribution in [0.3, 0.4) is 0 Å². The molecule has 0 bridgehead atoms. The summed E-state index contributed by atoms with van der Waals surface area (Å²) in [6.07, 6.45) is 2.81. The standard InChI is InChI=1S/C20H21N5O3/c1-12-17(13(2)28-23-12)20(27)24-10-6-9-16(24)18(26)15-11-22-25(19(15)21)14-7-4-3-5-8-14/h3-5,7-8,11,16H,6,9-10,21H2,1-2H3/t16-/m1/s1. The summed E-state index contributed by atoms with van der Waals surface area (Å²) in [6, 6.07) is 8.79. The summed E-state index contributed by atoms with van der Waals surface area (Å²) in [6.45, 7) is 3.92. The van der Waals surface area contributed by atoms with Gasteiger partial charge in [-0.2, -0.15) is 5.10 Å². The van der Waals surface area contributed by atoms with E-state index < -0.39 is 6.04 Å². The minimum atomic E-state index is -0.572. The number of likely N-dealkylation sites (tertiary alicyclic amines) is 1. The van der Waals surface area contributed by atoms with Crippen molar-refractivity contribution in [1.29, 1.82) is 0 Å². The third kappa shape index (κ3) is 2.87. The lowest BCUT2D eigenvalue weighted by Crippen LogP contribution is -2.41. The Hall–Kier alpha value is -3.42. The maximum Gasteiger partial charge on any atom is 0.259 e. The Labute approximate surface area is 161 Å². The van der Waals surface area contributed by atoms with E-state index in [2.05, 4.69) is 10.3 Å². The smallest absolute Gasteiger partial charge is 0.259 e. The molecule has 0 saturated carbocycles. The molecule has 1 saturated heterocycles. The van der Waals surface area contributed by atoms with E-state index in [1.807, 2.05) is 30.3 Å². The van der Waals surface area contributed by atoms with Crippen molar-refractivity contribution in [3.8, 4) is 5.69 Å². The summed E-state index contributed by atoms with van der Waals surface area (Å²) in [7, 11) is 0. The first kappa shape index (κ1) is 18.0. The average Bonchev–Trinajstić information content (AvgIpc) is 3.41. The van der Waals surface area contributed by atoms with Gasteiger partial charge < -0.3 is 15.2 Å². The highest BCUT2D eigenvalue weighted by Crippen LogP contribution is 2.28. The van der Waals surface area contributed by atoms with E-state index in [9.17, 15) is 9.59 Å². The van der Waals surface area contributed by atoms with Crippen LogP contribution in [0.15, 0.2) is 41.1 Å². The molecule has 1 atom stereocenters. The number of rotatable bonds is 4. The molecule has 1 aliphatic rings. The van der Waals surface area contributed by atoms with Crippen molar-refractivity contribution in [1.82, 2.24) is 19.8 Å². The SMILES string of the molecule is Cc1noc(C)c1C(=O)N1CCC[C@@H]1C(=O)c1cnn(-c2ccccc2)c1N. The average molecular weight is 379 g/mol. The fraction of sp³-hybridized carbons (Fsp3) is 0.300. The lowest BCUT2D eigenvalue weighted by atomic mass is 10.0. The van der Waals surface area contributed by atoms with Gasteiger partial charge in [-0.3, -0.25) is 9.59 Å². The van der Waals surface area contributed by atoms with Crippen LogP contribution in [0.1, 0.15) is 45.0 Å². The van der Waals surface area contributed by atoms with Crippen LogP contribution < -0.4 is 5.73 Å². The van der Waals surface area contributed by atoms with Gasteiger partial charge in [-0.15, -0.1) is 0 Å². The number of aryl methyl sites for hydroxylation is 2. The van der Waals surface area contributed by atoms with Gasteiger partial charge in [-0.1, -0.05) is 23.4 Å². The van der Waals surface area contributed by atoms with Gasteiger partial charge in [0, 0.05) is 6.54 Å². The Morgan fingerprint density at radius 1 is 1.21 bits per heavy atom. The number of hydrogen-bond acceptors (Lipinski definition) is 6.